The Bertz CT molecular complexity index is 627. The van der Waals surface area contributed by atoms with Crippen molar-refractivity contribution < 1.29 is 4.79 Å². The minimum Gasteiger partial charge on any atom is -0.348 e. The zero-order valence-corrected chi connectivity index (χ0v) is 13.1. The first-order valence-electron chi connectivity index (χ1n) is 5.98. The van der Waals surface area contributed by atoms with Crippen LogP contribution in [0.1, 0.15) is 0 Å². The van der Waals surface area contributed by atoms with E-state index in [2.05, 4.69) is 10.2 Å². The van der Waals surface area contributed by atoms with Crippen LogP contribution in [0.2, 0.25) is 5.02 Å². The Morgan fingerprint density at radius 1 is 1.35 bits per heavy atom. The zero-order chi connectivity index (χ0) is 14.7. The predicted molar refractivity (Wildman–Crippen MR) is 80.9 cm³/mol. The van der Waals surface area contributed by atoms with Crippen LogP contribution in [-0.4, -0.2) is 45.4 Å². The van der Waals surface area contributed by atoms with Gasteiger partial charge < -0.3 is 9.47 Å². The molecule has 0 aliphatic carbocycles. The standard InChI is InChI=1S/C13H15ClN4OS/c1-17(2)11(19)8-20-13-16-15-12(18(13)3)9-6-4-5-7-10(9)14/h4-7H,8H2,1-3H3. The molecule has 0 spiro atoms. The van der Waals surface area contributed by atoms with Gasteiger partial charge in [-0.15, -0.1) is 10.2 Å². The quantitative estimate of drug-likeness (QED) is 0.813. The number of carbonyl (C=O) groups is 1. The summed E-state index contributed by atoms with van der Waals surface area (Å²) in [5.41, 5.74) is 0.829. The summed E-state index contributed by atoms with van der Waals surface area (Å²) in [6.45, 7) is 0. The van der Waals surface area contributed by atoms with Gasteiger partial charge in [-0.1, -0.05) is 35.5 Å². The molecule has 1 amide bonds. The molecule has 5 nitrogen and oxygen atoms in total. The molecule has 0 fully saturated rings. The van der Waals surface area contributed by atoms with Crippen molar-refractivity contribution in [2.45, 2.75) is 5.16 Å². The molecule has 0 atom stereocenters. The summed E-state index contributed by atoms with van der Waals surface area (Å²) in [5.74, 6) is 1.06. The molecule has 0 radical (unpaired) electrons. The van der Waals surface area contributed by atoms with Gasteiger partial charge in [-0.25, -0.2) is 0 Å². The molecule has 20 heavy (non-hydrogen) atoms. The number of hydrogen-bond donors (Lipinski definition) is 0. The van der Waals surface area contributed by atoms with Gasteiger partial charge in [0.15, 0.2) is 11.0 Å². The normalized spacial score (nSPS) is 10.6. The summed E-state index contributed by atoms with van der Waals surface area (Å²) in [4.78, 5) is 13.1. The Morgan fingerprint density at radius 2 is 2.05 bits per heavy atom. The van der Waals surface area contributed by atoms with E-state index in [1.807, 2.05) is 35.9 Å². The van der Waals surface area contributed by atoms with Crippen molar-refractivity contribution >= 4 is 29.3 Å². The van der Waals surface area contributed by atoms with Gasteiger partial charge in [0.25, 0.3) is 0 Å². The Hall–Kier alpha value is -1.53. The Balaban J connectivity index is 2.20. The summed E-state index contributed by atoms with van der Waals surface area (Å²) < 4.78 is 1.84. The lowest BCUT2D eigenvalue weighted by Crippen LogP contribution is -2.23. The van der Waals surface area contributed by atoms with Crippen LogP contribution in [0.3, 0.4) is 0 Å². The van der Waals surface area contributed by atoms with Crippen molar-refractivity contribution in [1.29, 1.82) is 0 Å². The van der Waals surface area contributed by atoms with Gasteiger partial charge in [0, 0.05) is 26.7 Å². The van der Waals surface area contributed by atoms with Crippen LogP contribution in [0.4, 0.5) is 0 Å². The maximum atomic E-state index is 11.6. The van der Waals surface area contributed by atoms with Crippen molar-refractivity contribution in [3.63, 3.8) is 0 Å². The number of carbonyl (C=O) groups excluding carboxylic acids is 1. The summed E-state index contributed by atoms with van der Waals surface area (Å²) in [6, 6.07) is 7.48. The number of aromatic nitrogens is 3. The highest BCUT2D eigenvalue weighted by atomic mass is 35.5. The number of thioether (sulfide) groups is 1. The third-order valence-corrected chi connectivity index (χ3v) is 4.11. The van der Waals surface area contributed by atoms with Crippen molar-refractivity contribution in [1.82, 2.24) is 19.7 Å². The van der Waals surface area contributed by atoms with E-state index in [1.165, 1.54) is 11.8 Å². The number of rotatable bonds is 4. The zero-order valence-electron chi connectivity index (χ0n) is 11.5. The monoisotopic (exact) mass is 310 g/mol. The summed E-state index contributed by atoms with van der Waals surface area (Å²) >= 11 is 7.52. The van der Waals surface area contributed by atoms with Gasteiger partial charge in [-0.3, -0.25) is 4.79 Å². The minimum atomic E-state index is 0.0392. The molecule has 7 heteroatoms. The van der Waals surface area contributed by atoms with E-state index < -0.39 is 0 Å². The molecule has 1 aromatic carbocycles. The van der Waals surface area contributed by atoms with Gasteiger partial charge in [0.05, 0.1) is 10.8 Å². The summed E-state index contributed by atoms with van der Waals surface area (Å²) in [6.07, 6.45) is 0. The summed E-state index contributed by atoms with van der Waals surface area (Å²) in [7, 11) is 5.32. The van der Waals surface area contributed by atoms with Crippen LogP contribution >= 0.6 is 23.4 Å². The lowest BCUT2D eigenvalue weighted by atomic mass is 10.2. The predicted octanol–water partition coefficient (Wildman–Crippen LogP) is 2.32. The second-order valence-electron chi connectivity index (χ2n) is 4.42. The highest BCUT2D eigenvalue weighted by Crippen LogP contribution is 2.28. The second kappa shape index (κ2) is 6.28. The Labute approximate surface area is 126 Å². The first-order valence-corrected chi connectivity index (χ1v) is 7.34. The molecule has 0 aliphatic heterocycles. The van der Waals surface area contributed by atoms with E-state index in [4.69, 9.17) is 11.6 Å². The van der Waals surface area contributed by atoms with E-state index in [9.17, 15) is 4.79 Å². The van der Waals surface area contributed by atoms with Gasteiger partial charge in [-0.05, 0) is 12.1 Å². The van der Waals surface area contributed by atoms with E-state index >= 15 is 0 Å². The molecule has 2 rings (SSSR count). The lowest BCUT2D eigenvalue weighted by molar-refractivity contribution is -0.125. The number of hydrogen-bond acceptors (Lipinski definition) is 4. The van der Waals surface area contributed by atoms with Gasteiger partial charge in [0.1, 0.15) is 0 Å². The molecule has 1 heterocycles. The third kappa shape index (κ3) is 3.13. The average molecular weight is 311 g/mol. The Kier molecular flexibility index (Phi) is 4.67. The van der Waals surface area contributed by atoms with E-state index in [0.29, 0.717) is 21.8 Å². The summed E-state index contributed by atoms with van der Waals surface area (Å²) in [5, 5.41) is 9.58. The maximum Gasteiger partial charge on any atom is 0.232 e. The van der Waals surface area contributed by atoms with Gasteiger partial charge in [0.2, 0.25) is 5.91 Å². The molecule has 0 saturated carbocycles. The maximum absolute atomic E-state index is 11.6. The van der Waals surface area contributed by atoms with Crippen molar-refractivity contribution in [2.24, 2.45) is 7.05 Å². The fraction of sp³-hybridized carbons (Fsp3) is 0.308. The van der Waals surface area contributed by atoms with Crippen molar-refractivity contribution in [3.8, 4) is 11.4 Å². The van der Waals surface area contributed by atoms with Gasteiger partial charge >= 0.3 is 0 Å². The lowest BCUT2D eigenvalue weighted by Gasteiger charge is -2.09. The van der Waals surface area contributed by atoms with Crippen LogP contribution in [-0.2, 0) is 11.8 Å². The molecule has 0 N–H and O–H groups in total. The van der Waals surface area contributed by atoms with E-state index in [1.54, 1.807) is 19.0 Å². The smallest absolute Gasteiger partial charge is 0.232 e. The third-order valence-electron chi connectivity index (χ3n) is 2.77. The van der Waals surface area contributed by atoms with E-state index in [0.717, 1.165) is 5.56 Å². The molecular weight excluding hydrogens is 296 g/mol. The molecule has 1 aromatic heterocycles. The molecular formula is C13H15ClN4OS. The largest absolute Gasteiger partial charge is 0.348 e. The number of nitrogens with zero attached hydrogens (tertiary/aromatic N) is 4. The van der Waals surface area contributed by atoms with Gasteiger partial charge in [-0.2, -0.15) is 0 Å². The molecule has 2 aromatic rings. The van der Waals surface area contributed by atoms with Crippen LogP contribution < -0.4 is 0 Å². The first-order chi connectivity index (χ1) is 9.50. The average Bonchev–Trinajstić information content (AvgIpc) is 2.78. The first kappa shape index (κ1) is 14.9. The Morgan fingerprint density at radius 3 is 2.70 bits per heavy atom. The highest BCUT2D eigenvalue weighted by Gasteiger charge is 2.15. The van der Waals surface area contributed by atoms with Crippen molar-refractivity contribution in [2.75, 3.05) is 19.8 Å². The molecule has 0 saturated heterocycles. The van der Waals surface area contributed by atoms with Crippen LogP contribution in [0.5, 0.6) is 0 Å². The van der Waals surface area contributed by atoms with Crippen LogP contribution in [0, 0.1) is 0 Å². The SMILES string of the molecule is CN(C)C(=O)CSc1nnc(-c2ccccc2Cl)n1C. The number of benzene rings is 1. The highest BCUT2D eigenvalue weighted by molar-refractivity contribution is 7.99. The van der Waals surface area contributed by atoms with Crippen LogP contribution in [0.15, 0.2) is 29.4 Å². The fourth-order valence-electron chi connectivity index (χ4n) is 1.57. The molecule has 106 valence electrons. The van der Waals surface area contributed by atoms with Crippen LogP contribution in [0.25, 0.3) is 11.4 Å². The number of amides is 1. The molecule has 0 aliphatic rings. The topological polar surface area (TPSA) is 51.0 Å². The molecule has 0 bridgehead atoms. The van der Waals surface area contributed by atoms with E-state index in [-0.39, 0.29) is 5.91 Å². The second-order valence-corrected chi connectivity index (χ2v) is 5.77. The van der Waals surface area contributed by atoms with Crippen molar-refractivity contribution in [3.05, 3.63) is 29.3 Å². The number of halogens is 1. The fourth-order valence-corrected chi connectivity index (χ4v) is 2.68. The minimum absolute atomic E-state index is 0.0392. The molecule has 0 unspecified atom stereocenters.